The van der Waals surface area contributed by atoms with Crippen molar-refractivity contribution in [3.05, 3.63) is 59.4 Å². The molecule has 0 bridgehead atoms. The first-order chi connectivity index (χ1) is 16.7. The van der Waals surface area contributed by atoms with E-state index in [1.165, 1.54) is 12.1 Å². The number of likely N-dealkylation sites (tertiary alicyclic amines) is 1. The molecule has 1 aromatic heterocycles. The molecule has 0 spiro atoms. The van der Waals surface area contributed by atoms with E-state index in [9.17, 15) is 23.4 Å². The molecule has 2 atom stereocenters. The maximum atomic E-state index is 13.7. The quantitative estimate of drug-likeness (QED) is 0.610. The molecule has 1 aliphatic carbocycles. The fraction of sp³-hybridized carbons (Fsp3) is 0.607. The number of pyridine rings is 1. The number of rotatable bonds is 6. The van der Waals surface area contributed by atoms with Crippen LogP contribution >= 0.6 is 0 Å². The number of halogens is 3. The molecule has 1 saturated carbocycles. The molecule has 8 heteroatoms. The van der Waals surface area contributed by atoms with Gasteiger partial charge in [0.25, 0.3) is 0 Å². The summed E-state index contributed by atoms with van der Waals surface area (Å²) in [5.41, 5.74) is -2.14. The normalized spacial score (nSPS) is 25.4. The average molecular weight is 504 g/mol. The third-order valence-electron chi connectivity index (χ3n) is 8.95. The van der Waals surface area contributed by atoms with Crippen LogP contribution in [0.2, 0.25) is 0 Å². The predicted octanol–water partition coefficient (Wildman–Crippen LogP) is 4.46. The fourth-order valence-corrected chi connectivity index (χ4v) is 6.50. The monoisotopic (exact) mass is 503 g/mol. The third-order valence-corrected chi connectivity index (χ3v) is 8.95. The van der Waals surface area contributed by atoms with Crippen LogP contribution in [-0.4, -0.2) is 65.1 Å². The van der Waals surface area contributed by atoms with E-state index in [0.717, 1.165) is 18.7 Å². The SMILES string of the molecule is CN1CC(C)(C(O)(c2ccc(C3(C(F)(F)F)CC3)cc2)c2cncc(N3CC[C@H](C(C)(C)O)C3)c2)C1. The minimum atomic E-state index is -4.28. The maximum Gasteiger partial charge on any atom is 0.398 e. The van der Waals surface area contributed by atoms with Crippen molar-refractivity contribution in [1.29, 1.82) is 0 Å². The van der Waals surface area contributed by atoms with E-state index in [0.29, 0.717) is 30.8 Å². The van der Waals surface area contributed by atoms with Gasteiger partial charge in [-0.15, -0.1) is 0 Å². The van der Waals surface area contributed by atoms with Crippen LogP contribution in [0.3, 0.4) is 0 Å². The molecule has 0 radical (unpaired) electrons. The zero-order valence-corrected chi connectivity index (χ0v) is 21.4. The Kier molecular flexibility index (Phi) is 5.78. The highest BCUT2D eigenvalue weighted by Gasteiger charge is 2.64. The molecule has 0 amide bonds. The van der Waals surface area contributed by atoms with Crippen molar-refractivity contribution in [3.8, 4) is 0 Å². The van der Waals surface area contributed by atoms with Crippen LogP contribution in [0.4, 0.5) is 18.9 Å². The maximum absolute atomic E-state index is 13.7. The van der Waals surface area contributed by atoms with Gasteiger partial charge in [-0.1, -0.05) is 31.2 Å². The predicted molar refractivity (Wildman–Crippen MR) is 133 cm³/mol. The van der Waals surface area contributed by atoms with Crippen LogP contribution in [0.15, 0.2) is 42.7 Å². The van der Waals surface area contributed by atoms with Crippen LogP contribution in [0, 0.1) is 11.3 Å². The Balaban J connectivity index is 1.51. The summed E-state index contributed by atoms with van der Waals surface area (Å²) >= 11 is 0. The fourth-order valence-electron chi connectivity index (χ4n) is 6.50. The highest BCUT2D eigenvalue weighted by molar-refractivity contribution is 5.52. The summed E-state index contributed by atoms with van der Waals surface area (Å²) in [6.45, 7) is 8.45. The first kappa shape index (κ1) is 25.5. The van der Waals surface area contributed by atoms with E-state index in [2.05, 4.69) is 14.8 Å². The van der Waals surface area contributed by atoms with Crippen LogP contribution in [0.1, 0.15) is 56.7 Å². The molecule has 2 aliphatic heterocycles. The van der Waals surface area contributed by atoms with Gasteiger partial charge >= 0.3 is 6.18 Å². The van der Waals surface area contributed by atoms with E-state index < -0.39 is 28.2 Å². The van der Waals surface area contributed by atoms with Gasteiger partial charge in [-0.25, -0.2) is 0 Å². The van der Waals surface area contributed by atoms with Crippen molar-refractivity contribution in [2.75, 3.05) is 38.1 Å². The van der Waals surface area contributed by atoms with Gasteiger partial charge in [0.05, 0.1) is 22.9 Å². The largest absolute Gasteiger partial charge is 0.398 e. The molecule has 3 fully saturated rings. The lowest BCUT2D eigenvalue weighted by atomic mass is 9.62. The number of alkyl halides is 3. The summed E-state index contributed by atoms with van der Waals surface area (Å²) in [7, 11) is 1.99. The van der Waals surface area contributed by atoms with E-state index in [1.54, 1.807) is 24.5 Å². The number of benzene rings is 1. The number of hydrogen-bond acceptors (Lipinski definition) is 5. The van der Waals surface area contributed by atoms with Gasteiger partial charge in [-0.3, -0.25) is 4.98 Å². The first-order valence-electron chi connectivity index (χ1n) is 12.7. The molecule has 2 N–H and O–H groups in total. The van der Waals surface area contributed by atoms with Crippen LogP contribution < -0.4 is 4.90 Å². The smallest absolute Gasteiger partial charge is 0.390 e. The molecule has 2 saturated heterocycles. The average Bonchev–Trinajstić information content (AvgIpc) is 3.47. The molecule has 2 aromatic rings. The number of anilines is 1. The molecular weight excluding hydrogens is 467 g/mol. The molecule has 1 aromatic carbocycles. The first-order valence-corrected chi connectivity index (χ1v) is 12.7. The minimum absolute atomic E-state index is 0.107. The van der Waals surface area contributed by atoms with Gasteiger partial charge in [0.1, 0.15) is 5.60 Å². The number of aromatic nitrogens is 1. The summed E-state index contributed by atoms with van der Waals surface area (Å²) in [6, 6.07) is 8.36. The Morgan fingerprint density at radius 2 is 1.64 bits per heavy atom. The second kappa shape index (κ2) is 8.17. The van der Waals surface area contributed by atoms with E-state index in [1.807, 2.05) is 33.9 Å². The molecule has 1 unspecified atom stereocenters. The van der Waals surface area contributed by atoms with Gasteiger partial charge in [0.2, 0.25) is 0 Å². The molecular formula is C28H36F3N3O2. The van der Waals surface area contributed by atoms with E-state index in [4.69, 9.17) is 0 Å². The van der Waals surface area contributed by atoms with Crippen molar-refractivity contribution in [2.24, 2.45) is 11.3 Å². The minimum Gasteiger partial charge on any atom is -0.390 e. The molecule has 196 valence electrons. The van der Waals surface area contributed by atoms with Crippen LogP contribution in [0.5, 0.6) is 0 Å². The lowest BCUT2D eigenvalue weighted by molar-refractivity contribution is -0.160. The second-order valence-corrected chi connectivity index (χ2v) is 12.1. The summed E-state index contributed by atoms with van der Waals surface area (Å²) < 4.78 is 41.1. The van der Waals surface area contributed by atoms with Crippen molar-refractivity contribution in [3.63, 3.8) is 0 Å². The number of hydrogen-bond donors (Lipinski definition) is 2. The summed E-state index contributed by atoms with van der Waals surface area (Å²) in [5, 5.41) is 22.9. The Labute approximate surface area is 210 Å². The van der Waals surface area contributed by atoms with Crippen molar-refractivity contribution in [1.82, 2.24) is 9.88 Å². The van der Waals surface area contributed by atoms with Gasteiger partial charge in [-0.2, -0.15) is 13.2 Å². The molecule has 3 heterocycles. The number of aliphatic hydroxyl groups is 2. The lowest BCUT2D eigenvalue weighted by Gasteiger charge is -2.56. The lowest BCUT2D eigenvalue weighted by Crippen LogP contribution is -2.63. The third kappa shape index (κ3) is 3.92. The van der Waals surface area contributed by atoms with Crippen molar-refractivity contribution >= 4 is 5.69 Å². The molecule has 5 rings (SSSR count). The topological polar surface area (TPSA) is 59.8 Å². The zero-order valence-electron chi connectivity index (χ0n) is 21.4. The van der Waals surface area contributed by atoms with Gasteiger partial charge in [0, 0.05) is 49.3 Å². The van der Waals surface area contributed by atoms with Crippen molar-refractivity contribution in [2.45, 2.75) is 62.8 Å². The highest BCUT2D eigenvalue weighted by Crippen LogP contribution is 2.59. The van der Waals surface area contributed by atoms with Gasteiger partial charge < -0.3 is 20.0 Å². The molecule has 3 aliphatic rings. The summed E-state index contributed by atoms with van der Waals surface area (Å²) in [4.78, 5) is 8.77. The zero-order chi connectivity index (χ0) is 26.1. The molecule has 36 heavy (non-hydrogen) atoms. The van der Waals surface area contributed by atoms with Crippen LogP contribution in [-0.2, 0) is 11.0 Å². The Morgan fingerprint density at radius 3 is 2.14 bits per heavy atom. The Morgan fingerprint density at radius 1 is 1.00 bits per heavy atom. The Bertz CT molecular complexity index is 1120. The number of nitrogens with zero attached hydrogens (tertiary/aromatic N) is 3. The highest BCUT2D eigenvalue weighted by atomic mass is 19.4. The van der Waals surface area contributed by atoms with Crippen molar-refractivity contribution < 1.29 is 23.4 Å². The van der Waals surface area contributed by atoms with Gasteiger partial charge in [-0.05, 0) is 57.4 Å². The van der Waals surface area contributed by atoms with Gasteiger partial charge in [0.15, 0.2) is 0 Å². The summed E-state index contributed by atoms with van der Waals surface area (Å²) in [5.74, 6) is 0.133. The van der Waals surface area contributed by atoms with Crippen LogP contribution in [0.25, 0.3) is 0 Å². The second-order valence-electron chi connectivity index (χ2n) is 12.1. The Hall–Kier alpha value is -2.16. The van der Waals surface area contributed by atoms with E-state index >= 15 is 0 Å². The standard InChI is InChI=1S/C28H36F3N3O2/c1-24(2,35)21-9-12-34(16-21)23-13-22(14-32-15-23)27(36,25(3)17-33(4)18-25)20-7-5-19(6-8-20)26(10-11-26)28(29,30)31/h5-8,13-15,21,35-36H,9-12,16-18H2,1-4H3/t21-,27?/m0/s1. The van der Waals surface area contributed by atoms with E-state index in [-0.39, 0.29) is 24.3 Å². The summed E-state index contributed by atoms with van der Waals surface area (Å²) in [6.07, 6.45) is 0.245. The molecule has 5 nitrogen and oxygen atoms in total.